The zero-order valence-electron chi connectivity index (χ0n) is 16.0. The molecule has 1 amide bonds. The van der Waals surface area contributed by atoms with E-state index in [1.165, 1.54) is 0 Å². The van der Waals surface area contributed by atoms with Gasteiger partial charge in [0, 0.05) is 42.1 Å². The fourth-order valence-electron chi connectivity index (χ4n) is 2.64. The van der Waals surface area contributed by atoms with Crippen LogP contribution < -0.4 is 15.5 Å². The fourth-order valence-corrected chi connectivity index (χ4v) is 3.26. The Hall–Kier alpha value is -2.86. The van der Waals surface area contributed by atoms with Crippen LogP contribution in [0.4, 0.5) is 17.1 Å². The van der Waals surface area contributed by atoms with Crippen LogP contribution in [-0.2, 0) is 4.79 Å². The lowest BCUT2D eigenvalue weighted by Crippen LogP contribution is -2.31. The molecule has 140 valence electrons. The highest BCUT2D eigenvalue weighted by atomic mass is 32.1. The summed E-state index contributed by atoms with van der Waals surface area (Å²) in [7, 11) is 3.97. The third-order valence-electron chi connectivity index (χ3n) is 4.23. The lowest BCUT2D eigenvalue weighted by atomic mass is 10.1. The van der Waals surface area contributed by atoms with Crippen molar-refractivity contribution >= 4 is 34.3 Å². The summed E-state index contributed by atoms with van der Waals surface area (Å²) in [6.07, 6.45) is 0. The van der Waals surface area contributed by atoms with Crippen molar-refractivity contribution in [1.82, 2.24) is 4.98 Å². The lowest BCUT2D eigenvalue weighted by Gasteiger charge is -2.16. The molecule has 2 N–H and O–H groups in total. The van der Waals surface area contributed by atoms with Crippen molar-refractivity contribution in [3.05, 3.63) is 58.9 Å². The van der Waals surface area contributed by atoms with Crippen molar-refractivity contribution in [2.75, 3.05) is 29.6 Å². The summed E-state index contributed by atoms with van der Waals surface area (Å²) >= 11 is 1.64. The smallest absolute Gasteiger partial charge is 0.246 e. The molecule has 0 aliphatic carbocycles. The van der Waals surface area contributed by atoms with E-state index in [0.717, 1.165) is 33.3 Å². The number of thiazole rings is 1. The van der Waals surface area contributed by atoms with Gasteiger partial charge in [0.2, 0.25) is 5.91 Å². The van der Waals surface area contributed by atoms with Gasteiger partial charge < -0.3 is 15.5 Å². The maximum atomic E-state index is 12.4. The molecule has 0 spiro atoms. The number of aryl methyl sites for hydroxylation is 1. The second kappa shape index (κ2) is 8.22. The Balaban J connectivity index is 1.59. The molecular weight excluding hydrogens is 356 g/mol. The highest BCUT2D eigenvalue weighted by Crippen LogP contribution is 2.23. The zero-order valence-corrected chi connectivity index (χ0v) is 16.8. The van der Waals surface area contributed by atoms with Gasteiger partial charge in [-0.2, -0.15) is 0 Å². The predicted molar refractivity (Wildman–Crippen MR) is 115 cm³/mol. The Morgan fingerprint density at radius 1 is 1.04 bits per heavy atom. The largest absolute Gasteiger partial charge is 0.378 e. The number of rotatable bonds is 6. The minimum Gasteiger partial charge on any atom is -0.378 e. The van der Waals surface area contributed by atoms with Crippen molar-refractivity contribution in [3.8, 4) is 11.3 Å². The minimum absolute atomic E-state index is 0.0770. The fraction of sp³-hybridized carbons (Fsp3) is 0.238. The van der Waals surface area contributed by atoms with Crippen molar-refractivity contribution < 1.29 is 4.79 Å². The van der Waals surface area contributed by atoms with E-state index in [1.54, 1.807) is 11.3 Å². The van der Waals surface area contributed by atoms with Gasteiger partial charge in [-0.3, -0.25) is 4.79 Å². The van der Waals surface area contributed by atoms with Gasteiger partial charge in [-0.15, -0.1) is 11.3 Å². The van der Waals surface area contributed by atoms with Crippen LogP contribution in [-0.4, -0.2) is 31.0 Å². The van der Waals surface area contributed by atoms with E-state index in [1.807, 2.05) is 81.4 Å². The summed E-state index contributed by atoms with van der Waals surface area (Å²) in [6, 6.07) is 15.4. The van der Waals surface area contributed by atoms with Crippen LogP contribution in [0.5, 0.6) is 0 Å². The molecule has 0 aliphatic heterocycles. The number of carbonyl (C=O) groups is 1. The quantitative estimate of drug-likeness (QED) is 0.655. The summed E-state index contributed by atoms with van der Waals surface area (Å²) < 4.78 is 0. The first-order chi connectivity index (χ1) is 12.9. The molecule has 1 heterocycles. The first-order valence-corrected chi connectivity index (χ1v) is 9.67. The van der Waals surface area contributed by atoms with Crippen LogP contribution in [0.1, 0.15) is 11.9 Å². The van der Waals surface area contributed by atoms with E-state index in [2.05, 4.69) is 21.0 Å². The number of anilines is 3. The molecule has 0 bridgehead atoms. The molecule has 1 atom stereocenters. The molecule has 0 radical (unpaired) electrons. The first kappa shape index (κ1) is 18.9. The van der Waals surface area contributed by atoms with E-state index in [-0.39, 0.29) is 11.9 Å². The molecule has 0 aliphatic rings. The summed E-state index contributed by atoms with van der Waals surface area (Å²) in [5.74, 6) is -0.0770. The van der Waals surface area contributed by atoms with E-state index in [9.17, 15) is 4.79 Å². The van der Waals surface area contributed by atoms with Gasteiger partial charge in [-0.25, -0.2) is 4.98 Å². The topological polar surface area (TPSA) is 57.3 Å². The minimum atomic E-state index is -0.356. The Kier molecular flexibility index (Phi) is 5.76. The van der Waals surface area contributed by atoms with E-state index >= 15 is 0 Å². The van der Waals surface area contributed by atoms with Crippen molar-refractivity contribution in [1.29, 1.82) is 0 Å². The number of amides is 1. The monoisotopic (exact) mass is 380 g/mol. The normalized spacial score (nSPS) is 11.7. The molecule has 3 aromatic rings. The van der Waals surface area contributed by atoms with Crippen LogP contribution in [0.15, 0.2) is 53.9 Å². The van der Waals surface area contributed by atoms with Crippen molar-refractivity contribution in [2.24, 2.45) is 0 Å². The summed E-state index contributed by atoms with van der Waals surface area (Å²) in [5, 5.41) is 9.28. The Labute approximate surface area is 164 Å². The summed E-state index contributed by atoms with van der Waals surface area (Å²) in [5.41, 5.74) is 4.83. The number of nitrogens with zero attached hydrogens (tertiary/aromatic N) is 2. The molecule has 2 aromatic carbocycles. The van der Waals surface area contributed by atoms with Gasteiger partial charge >= 0.3 is 0 Å². The predicted octanol–water partition coefficient (Wildman–Crippen LogP) is 4.62. The molecule has 1 aromatic heterocycles. The molecule has 5 nitrogen and oxygen atoms in total. The van der Waals surface area contributed by atoms with E-state index in [0.29, 0.717) is 0 Å². The third kappa shape index (κ3) is 4.86. The number of aromatic nitrogens is 1. The van der Waals surface area contributed by atoms with Crippen LogP contribution >= 0.6 is 11.3 Å². The van der Waals surface area contributed by atoms with Gasteiger partial charge in [-0.05, 0) is 50.2 Å². The van der Waals surface area contributed by atoms with Crippen LogP contribution in [0.2, 0.25) is 0 Å². The highest BCUT2D eigenvalue weighted by molar-refractivity contribution is 7.09. The molecule has 0 unspecified atom stereocenters. The summed E-state index contributed by atoms with van der Waals surface area (Å²) in [6.45, 7) is 3.85. The number of carbonyl (C=O) groups excluding carboxylic acids is 1. The van der Waals surface area contributed by atoms with Gasteiger partial charge in [0.25, 0.3) is 0 Å². The highest BCUT2D eigenvalue weighted by Gasteiger charge is 2.13. The Bertz CT molecular complexity index is 901. The van der Waals surface area contributed by atoms with E-state index in [4.69, 9.17) is 0 Å². The molecule has 6 heteroatoms. The number of hydrogen-bond acceptors (Lipinski definition) is 5. The Morgan fingerprint density at radius 2 is 1.67 bits per heavy atom. The zero-order chi connectivity index (χ0) is 19.4. The second-order valence-corrected chi connectivity index (χ2v) is 7.69. The van der Waals surface area contributed by atoms with Gasteiger partial charge in [-0.1, -0.05) is 12.1 Å². The van der Waals surface area contributed by atoms with Crippen LogP contribution in [0.25, 0.3) is 11.3 Å². The van der Waals surface area contributed by atoms with Crippen LogP contribution in [0, 0.1) is 6.92 Å². The maximum absolute atomic E-state index is 12.4. The molecule has 0 fully saturated rings. The second-order valence-electron chi connectivity index (χ2n) is 6.63. The SMILES string of the molecule is Cc1nc(-c2ccc(N[C@@H](C)C(=O)Nc3ccc(N(C)C)cc3)cc2)cs1. The molecule has 0 saturated carbocycles. The lowest BCUT2D eigenvalue weighted by molar-refractivity contribution is -0.116. The number of benzene rings is 2. The van der Waals surface area contributed by atoms with Gasteiger partial charge in [0.05, 0.1) is 10.7 Å². The molecule has 3 rings (SSSR count). The van der Waals surface area contributed by atoms with Crippen LogP contribution in [0.3, 0.4) is 0 Å². The third-order valence-corrected chi connectivity index (χ3v) is 5.00. The number of hydrogen-bond donors (Lipinski definition) is 2. The molecule has 0 saturated heterocycles. The van der Waals surface area contributed by atoms with Gasteiger partial charge in [0.15, 0.2) is 0 Å². The van der Waals surface area contributed by atoms with Gasteiger partial charge in [0.1, 0.15) is 6.04 Å². The standard InChI is InChI=1S/C21H24N4OS/c1-14(21(26)24-18-9-11-19(12-10-18)25(3)4)22-17-7-5-16(6-8-17)20-13-27-15(2)23-20/h5-14,22H,1-4H3,(H,24,26)/t14-/m0/s1. The Morgan fingerprint density at radius 3 is 2.22 bits per heavy atom. The van der Waals surface area contributed by atoms with E-state index < -0.39 is 0 Å². The average molecular weight is 381 g/mol. The first-order valence-electron chi connectivity index (χ1n) is 8.80. The summed E-state index contributed by atoms with van der Waals surface area (Å²) in [4.78, 5) is 18.9. The van der Waals surface area contributed by atoms with Crippen molar-refractivity contribution in [2.45, 2.75) is 19.9 Å². The average Bonchev–Trinajstić information content (AvgIpc) is 3.09. The van der Waals surface area contributed by atoms with Crippen molar-refractivity contribution in [3.63, 3.8) is 0 Å². The molecular formula is C21H24N4OS. The maximum Gasteiger partial charge on any atom is 0.246 e. The molecule has 27 heavy (non-hydrogen) atoms. The number of nitrogens with one attached hydrogen (secondary N) is 2.